The zero-order chi connectivity index (χ0) is 24.8. The molecule has 2 aromatic rings. The van der Waals surface area contributed by atoms with Crippen molar-refractivity contribution in [3.05, 3.63) is 54.0 Å². The number of alkyl halides is 3. The molecule has 2 saturated heterocycles. The summed E-state index contributed by atoms with van der Waals surface area (Å²) in [5, 5.41) is 3.20. The number of halogens is 3. The highest BCUT2D eigenvalue weighted by Crippen LogP contribution is 2.48. The van der Waals surface area contributed by atoms with Crippen molar-refractivity contribution in [3.8, 4) is 0 Å². The van der Waals surface area contributed by atoms with Gasteiger partial charge in [-0.1, -0.05) is 30.3 Å². The molecule has 188 valence electrons. The molecule has 7 nitrogen and oxygen atoms in total. The highest BCUT2D eigenvalue weighted by Gasteiger charge is 2.52. The van der Waals surface area contributed by atoms with Crippen LogP contribution < -0.4 is 10.2 Å². The van der Waals surface area contributed by atoms with Crippen molar-refractivity contribution >= 4 is 11.8 Å². The number of amides is 2. The molecule has 0 unspecified atom stereocenters. The van der Waals surface area contributed by atoms with Gasteiger partial charge in [0.2, 0.25) is 0 Å². The maximum absolute atomic E-state index is 13.0. The molecule has 1 aromatic heterocycles. The number of hydrogen-bond acceptors (Lipinski definition) is 5. The summed E-state index contributed by atoms with van der Waals surface area (Å²) in [5.41, 5.74) is 0.662. The summed E-state index contributed by atoms with van der Waals surface area (Å²) in [5.74, 6) is 0.392. The van der Waals surface area contributed by atoms with Crippen molar-refractivity contribution in [1.29, 1.82) is 0 Å². The molecule has 2 atom stereocenters. The highest BCUT2D eigenvalue weighted by atomic mass is 19.4. The number of benzene rings is 1. The lowest BCUT2D eigenvalue weighted by molar-refractivity contribution is -0.141. The van der Waals surface area contributed by atoms with E-state index in [2.05, 4.69) is 44.5 Å². The standard InChI is InChI=1S/C25H31F3N6O/c1-17-13-34(18(2)12-33(17)22-11-29-21(10-30-22)25(26,27)28)23(35)31-20-8-24(9-20)15-32(16-24)14-19-6-4-3-5-7-19/h3-7,10-11,17-18,20H,8-9,12-16H2,1-2H3,(H,31,35)/t17-,18-/m1/s1. The van der Waals surface area contributed by atoms with Crippen LogP contribution >= 0.6 is 0 Å². The van der Waals surface area contributed by atoms with Gasteiger partial charge in [0.25, 0.3) is 0 Å². The van der Waals surface area contributed by atoms with Gasteiger partial charge in [-0.2, -0.15) is 13.2 Å². The number of urea groups is 1. The Morgan fingerprint density at radius 3 is 2.40 bits per heavy atom. The van der Waals surface area contributed by atoms with E-state index in [1.165, 1.54) is 5.56 Å². The Balaban J connectivity index is 1.09. The lowest BCUT2D eigenvalue weighted by atomic mass is 9.60. The molecule has 1 saturated carbocycles. The van der Waals surface area contributed by atoms with E-state index in [-0.39, 0.29) is 24.2 Å². The fraction of sp³-hybridized carbons (Fsp3) is 0.560. The van der Waals surface area contributed by atoms with E-state index < -0.39 is 11.9 Å². The molecule has 1 aliphatic carbocycles. The minimum absolute atomic E-state index is 0.0668. The second-order valence-electron chi connectivity index (χ2n) is 10.4. The largest absolute Gasteiger partial charge is 0.434 e. The number of nitrogens with one attached hydrogen (secondary N) is 1. The third kappa shape index (κ3) is 4.94. The van der Waals surface area contributed by atoms with Crippen LogP contribution in [-0.2, 0) is 12.7 Å². The van der Waals surface area contributed by atoms with Crippen molar-refractivity contribution in [3.63, 3.8) is 0 Å². The molecular formula is C25H31F3N6O. The van der Waals surface area contributed by atoms with Gasteiger partial charge in [-0.3, -0.25) is 4.90 Å². The quantitative estimate of drug-likeness (QED) is 0.710. The molecule has 0 bridgehead atoms. The lowest BCUT2D eigenvalue weighted by Gasteiger charge is -2.59. The van der Waals surface area contributed by atoms with E-state index in [1.54, 1.807) is 0 Å². The molecule has 2 aliphatic heterocycles. The summed E-state index contributed by atoms with van der Waals surface area (Å²) in [6.45, 7) is 7.98. The van der Waals surface area contributed by atoms with Gasteiger partial charge in [-0.15, -0.1) is 0 Å². The minimum atomic E-state index is -4.51. The van der Waals surface area contributed by atoms with E-state index in [0.29, 0.717) is 24.3 Å². The fourth-order valence-electron chi connectivity index (χ4n) is 5.80. The summed E-state index contributed by atoms with van der Waals surface area (Å²) in [6.07, 6.45) is -0.569. The maximum atomic E-state index is 13.0. The molecule has 1 N–H and O–H groups in total. The molecule has 10 heteroatoms. The van der Waals surface area contributed by atoms with Crippen LogP contribution in [0.1, 0.15) is 37.9 Å². The zero-order valence-corrected chi connectivity index (χ0v) is 20.0. The first-order valence-corrected chi connectivity index (χ1v) is 12.1. The summed E-state index contributed by atoms with van der Waals surface area (Å²) in [6, 6.07) is 10.4. The first kappa shape index (κ1) is 23.8. The molecule has 1 spiro atoms. The van der Waals surface area contributed by atoms with Crippen LogP contribution in [0.2, 0.25) is 0 Å². The Hall–Kier alpha value is -2.88. The zero-order valence-electron chi connectivity index (χ0n) is 20.0. The number of rotatable bonds is 4. The average molecular weight is 489 g/mol. The number of hydrogen-bond donors (Lipinski definition) is 1. The first-order chi connectivity index (χ1) is 16.6. The fourth-order valence-corrected chi connectivity index (χ4v) is 5.80. The minimum Gasteiger partial charge on any atom is -0.349 e. The topological polar surface area (TPSA) is 64.6 Å². The molecule has 1 aromatic carbocycles. The van der Waals surface area contributed by atoms with Gasteiger partial charge in [-0.25, -0.2) is 14.8 Å². The lowest BCUT2D eigenvalue weighted by Crippen LogP contribution is -2.68. The summed E-state index contributed by atoms with van der Waals surface area (Å²) in [7, 11) is 0. The van der Waals surface area contributed by atoms with Crippen LogP contribution in [0, 0.1) is 5.41 Å². The van der Waals surface area contributed by atoms with Crippen LogP contribution in [-0.4, -0.2) is 70.1 Å². The predicted molar refractivity (Wildman–Crippen MR) is 126 cm³/mol. The summed E-state index contributed by atoms with van der Waals surface area (Å²) >= 11 is 0. The van der Waals surface area contributed by atoms with Crippen molar-refractivity contribution < 1.29 is 18.0 Å². The van der Waals surface area contributed by atoms with Crippen LogP contribution in [0.5, 0.6) is 0 Å². The third-order valence-corrected chi connectivity index (χ3v) is 7.52. The van der Waals surface area contributed by atoms with Crippen molar-refractivity contribution in [1.82, 2.24) is 25.1 Å². The Morgan fingerprint density at radius 1 is 1.06 bits per heavy atom. The van der Waals surface area contributed by atoms with E-state index in [9.17, 15) is 18.0 Å². The average Bonchev–Trinajstić information content (AvgIpc) is 2.77. The molecule has 0 radical (unpaired) electrons. The number of piperazine rings is 1. The molecule has 3 heterocycles. The number of carbonyl (C=O) groups is 1. The van der Waals surface area contributed by atoms with Gasteiger partial charge in [-0.05, 0) is 37.7 Å². The van der Waals surface area contributed by atoms with Gasteiger partial charge >= 0.3 is 12.2 Å². The second-order valence-corrected chi connectivity index (χ2v) is 10.4. The SMILES string of the molecule is C[C@@H]1CN(c2cnc(C(F)(F)F)cn2)[C@H](C)CN1C(=O)NC1CC2(C1)CN(Cc1ccccc1)C2. The number of carbonyl (C=O) groups excluding carboxylic acids is 1. The van der Waals surface area contributed by atoms with E-state index >= 15 is 0 Å². The van der Waals surface area contributed by atoms with Crippen LogP contribution in [0.4, 0.5) is 23.8 Å². The molecular weight excluding hydrogens is 457 g/mol. The number of likely N-dealkylation sites (tertiary alicyclic amines) is 1. The Labute approximate surface area is 203 Å². The smallest absolute Gasteiger partial charge is 0.349 e. The Morgan fingerprint density at radius 2 is 1.77 bits per heavy atom. The van der Waals surface area contributed by atoms with Gasteiger partial charge in [0.15, 0.2) is 5.69 Å². The monoisotopic (exact) mass is 488 g/mol. The van der Waals surface area contributed by atoms with Crippen molar-refractivity contribution in [2.24, 2.45) is 5.41 Å². The summed E-state index contributed by atoms with van der Waals surface area (Å²) in [4.78, 5) is 26.7. The Kier molecular flexibility index (Phi) is 6.11. The number of nitrogens with zero attached hydrogens (tertiary/aromatic N) is 5. The third-order valence-electron chi connectivity index (χ3n) is 7.52. The van der Waals surface area contributed by atoms with E-state index in [1.807, 2.05) is 29.7 Å². The van der Waals surface area contributed by atoms with Crippen LogP contribution in [0.25, 0.3) is 0 Å². The molecule has 3 aliphatic rings. The van der Waals surface area contributed by atoms with Crippen molar-refractivity contribution in [2.45, 2.75) is 57.5 Å². The Bertz CT molecular complexity index is 1030. The first-order valence-electron chi connectivity index (χ1n) is 12.1. The molecule has 2 amide bonds. The van der Waals surface area contributed by atoms with Gasteiger partial charge in [0, 0.05) is 50.8 Å². The molecule has 5 rings (SSSR count). The van der Waals surface area contributed by atoms with Gasteiger partial charge in [0.1, 0.15) is 5.82 Å². The van der Waals surface area contributed by atoms with Gasteiger partial charge < -0.3 is 15.1 Å². The summed E-state index contributed by atoms with van der Waals surface area (Å²) < 4.78 is 38.4. The predicted octanol–water partition coefficient (Wildman–Crippen LogP) is 3.77. The van der Waals surface area contributed by atoms with E-state index in [4.69, 9.17) is 0 Å². The maximum Gasteiger partial charge on any atom is 0.434 e. The van der Waals surface area contributed by atoms with Crippen LogP contribution in [0.15, 0.2) is 42.7 Å². The molecule has 35 heavy (non-hydrogen) atoms. The van der Waals surface area contributed by atoms with Crippen molar-refractivity contribution in [2.75, 3.05) is 31.1 Å². The molecule has 3 fully saturated rings. The highest BCUT2D eigenvalue weighted by molar-refractivity contribution is 5.75. The number of aromatic nitrogens is 2. The van der Waals surface area contributed by atoms with Crippen LogP contribution in [0.3, 0.4) is 0 Å². The van der Waals surface area contributed by atoms with Gasteiger partial charge in [0.05, 0.1) is 12.4 Å². The second kappa shape index (κ2) is 8.96. The number of anilines is 1. The van der Waals surface area contributed by atoms with E-state index in [0.717, 1.165) is 44.9 Å². The normalized spacial score (nSPS) is 24.7.